The monoisotopic (exact) mass is 322 g/mol. The summed E-state index contributed by atoms with van der Waals surface area (Å²) < 4.78 is 0. The molecule has 0 saturated heterocycles. The molecule has 3 N–H and O–H groups in total. The van der Waals surface area contributed by atoms with Crippen molar-refractivity contribution >= 4 is 28.4 Å². The van der Waals surface area contributed by atoms with Crippen LogP contribution in [0.15, 0.2) is 55.0 Å². The Morgan fingerprint density at radius 3 is 2.67 bits per heavy atom. The van der Waals surface area contributed by atoms with E-state index in [1.165, 1.54) is 6.92 Å². The highest BCUT2D eigenvalue weighted by atomic mass is 16.2. The fourth-order valence-corrected chi connectivity index (χ4v) is 2.64. The summed E-state index contributed by atoms with van der Waals surface area (Å²) in [6.45, 7) is 1.40. The molecule has 0 radical (unpaired) electrons. The van der Waals surface area contributed by atoms with Crippen LogP contribution in [0.3, 0.4) is 0 Å². The van der Waals surface area contributed by atoms with Crippen LogP contribution in [0.1, 0.15) is 12.5 Å². The molecule has 3 aromatic rings. The fraction of sp³-hybridized carbons (Fsp3) is 0.167. The van der Waals surface area contributed by atoms with Crippen molar-refractivity contribution in [1.82, 2.24) is 15.3 Å². The molecule has 0 aliphatic rings. The number of pyridine rings is 1. The van der Waals surface area contributed by atoms with Crippen LogP contribution in [0.5, 0.6) is 0 Å². The van der Waals surface area contributed by atoms with Gasteiger partial charge in [0.1, 0.15) is 6.04 Å². The zero-order chi connectivity index (χ0) is 16.9. The van der Waals surface area contributed by atoms with Crippen LogP contribution in [0.25, 0.3) is 10.9 Å². The number of aromatic amines is 1. The topological polar surface area (TPSA) is 86.9 Å². The molecule has 2 amide bonds. The number of hydrogen-bond acceptors (Lipinski definition) is 3. The van der Waals surface area contributed by atoms with E-state index in [2.05, 4.69) is 20.6 Å². The molecule has 122 valence electrons. The summed E-state index contributed by atoms with van der Waals surface area (Å²) in [6.07, 6.45) is 5.48. The van der Waals surface area contributed by atoms with E-state index in [4.69, 9.17) is 0 Å². The van der Waals surface area contributed by atoms with Crippen LogP contribution < -0.4 is 10.6 Å². The summed E-state index contributed by atoms with van der Waals surface area (Å²) >= 11 is 0. The van der Waals surface area contributed by atoms with E-state index in [1.54, 1.807) is 24.5 Å². The van der Waals surface area contributed by atoms with E-state index < -0.39 is 6.04 Å². The Morgan fingerprint density at radius 1 is 1.17 bits per heavy atom. The largest absolute Gasteiger partial charge is 0.361 e. The number of nitrogens with one attached hydrogen (secondary N) is 3. The van der Waals surface area contributed by atoms with Crippen molar-refractivity contribution in [2.75, 3.05) is 5.32 Å². The number of nitrogens with zero attached hydrogens (tertiary/aromatic N) is 1. The number of carbonyl (C=O) groups is 2. The average molecular weight is 322 g/mol. The maximum atomic E-state index is 12.6. The molecule has 1 aromatic carbocycles. The van der Waals surface area contributed by atoms with Crippen molar-refractivity contribution < 1.29 is 9.59 Å². The van der Waals surface area contributed by atoms with Gasteiger partial charge in [0.25, 0.3) is 0 Å². The minimum absolute atomic E-state index is 0.246. The van der Waals surface area contributed by atoms with Gasteiger partial charge in [-0.2, -0.15) is 0 Å². The first-order valence-electron chi connectivity index (χ1n) is 7.66. The molecule has 2 aromatic heterocycles. The number of anilines is 1. The third kappa shape index (κ3) is 3.60. The number of hydrogen-bond donors (Lipinski definition) is 3. The maximum absolute atomic E-state index is 12.6. The van der Waals surface area contributed by atoms with Gasteiger partial charge < -0.3 is 15.6 Å². The molecular formula is C18H18N4O2. The van der Waals surface area contributed by atoms with Crippen molar-refractivity contribution in [1.29, 1.82) is 0 Å². The molecule has 0 fully saturated rings. The first kappa shape index (κ1) is 15.7. The van der Waals surface area contributed by atoms with Gasteiger partial charge in [0.15, 0.2) is 0 Å². The molecule has 1 atom stereocenters. The zero-order valence-electron chi connectivity index (χ0n) is 13.2. The third-order valence-corrected chi connectivity index (χ3v) is 3.74. The number of H-pyrrole nitrogens is 1. The minimum atomic E-state index is -0.658. The number of amides is 2. The number of carbonyl (C=O) groups excluding carboxylic acids is 2. The van der Waals surface area contributed by atoms with E-state index >= 15 is 0 Å². The number of fused-ring (bicyclic) bond motifs is 1. The SMILES string of the molecule is CC(=O)N[C@H](Cc1c[nH]c2ccccc12)C(=O)Nc1ccncc1. The van der Waals surface area contributed by atoms with Gasteiger partial charge in [0.05, 0.1) is 0 Å². The first-order chi connectivity index (χ1) is 11.6. The second-order valence-corrected chi connectivity index (χ2v) is 5.54. The van der Waals surface area contributed by atoms with Crippen LogP contribution in [0, 0.1) is 0 Å². The van der Waals surface area contributed by atoms with E-state index in [0.717, 1.165) is 16.5 Å². The van der Waals surface area contributed by atoms with Gasteiger partial charge in [-0.05, 0) is 23.8 Å². The summed E-state index contributed by atoms with van der Waals surface area (Å²) in [7, 11) is 0. The van der Waals surface area contributed by atoms with E-state index in [1.807, 2.05) is 30.5 Å². The highest BCUT2D eigenvalue weighted by Gasteiger charge is 2.21. The molecule has 24 heavy (non-hydrogen) atoms. The lowest BCUT2D eigenvalue weighted by atomic mass is 10.0. The van der Waals surface area contributed by atoms with Crippen LogP contribution in [0.4, 0.5) is 5.69 Å². The number of benzene rings is 1. The van der Waals surface area contributed by atoms with Gasteiger partial charge in [-0.3, -0.25) is 14.6 Å². The zero-order valence-corrected chi connectivity index (χ0v) is 13.2. The van der Waals surface area contributed by atoms with Crippen molar-refractivity contribution in [3.63, 3.8) is 0 Å². The second kappa shape index (κ2) is 6.95. The fourth-order valence-electron chi connectivity index (χ4n) is 2.64. The van der Waals surface area contributed by atoms with Crippen LogP contribution >= 0.6 is 0 Å². The van der Waals surface area contributed by atoms with Crippen LogP contribution in [-0.2, 0) is 16.0 Å². The van der Waals surface area contributed by atoms with Gasteiger partial charge in [0, 0.05) is 48.5 Å². The summed E-state index contributed by atoms with van der Waals surface area (Å²) in [5, 5.41) is 6.57. The van der Waals surface area contributed by atoms with Crippen molar-refractivity contribution in [2.45, 2.75) is 19.4 Å². The molecule has 3 rings (SSSR count). The molecule has 0 unspecified atom stereocenters. The van der Waals surface area contributed by atoms with Gasteiger partial charge in [-0.1, -0.05) is 18.2 Å². The number of para-hydroxylation sites is 1. The maximum Gasteiger partial charge on any atom is 0.247 e. The molecule has 6 heteroatoms. The van der Waals surface area contributed by atoms with Gasteiger partial charge in [-0.25, -0.2) is 0 Å². The number of aromatic nitrogens is 2. The highest BCUT2D eigenvalue weighted by molar-refractivity contribution is 5.97. The average Bonchev–Trinajstić information content (AvgIpc) is 2.98. The molecule has 0 aliphatic heterocycles. The van der Waals surface area contributed by atoms with E-state index in [9.17, 15) is 9.59 Å². The molecule has 6 nitrogen and oxygen atoms in total. The molecule has 2 heterocycles. The molecular weight excluding hydrogens is 304 g/mol. The quantitative estimate of drug-likeness (QED) is 0.673. The Hall–Kier alpha value is -3.15. The Bertz CT molecular complexity index is 858. The standard InChI is InChI=1S/C18H18N4O2/c1-12(23)21-17(18(24)22-14-6-8-19-9-7-14)10-13-11-20-16-5-3-2-4-15(13)16/h2-9,11,17,20H,10H2,1H3,(H,21,23)(H,19,22,24)/t17-/m1/s1. The van der Waals surface area contributed by atoms with Crippen LogP contribution in [-0.4, -0.2) is 27.8 Å². The van der Waals surface area contributed by atoms with E-state index in [-0.39, 0.29) is 11.8 Å². The molecule has 0 spiro atoms. The first-order valence-corrected chi connectivity index (χ1v) is 7.66. The van der Waals surface area contributed by atoms with Crippen LogP contribution in [0.2, 0.25) is 0 Å². The highest BCUT2D eigenvalue weighted by Crippen LogP contribution is 2.19. The summed E-state index contributed by atoms with van der Waals surface area (Å²) in [4.78, 5) is 31.1. The normalized spacial score (nSPS) is 11.9. The third-order valence-electron chi connectivity index (χ3n) is 3.74. The summed E-state index contributed by atoms with van der Waals surface area (Å²) in [6, 6.07) is 10.6. The Morgan fingerprint density at radius 2 is 1.92 bits per heavy atom. The van der Waals surface area contributed by atoms with Crippen molar-refractivity contribution in [3.05, 3.63) is 60.6 Å². The Kier molecular flexibility index (Phi) is 4.56. The predicted molar refractivity (Wildman–Crippen MR) is 92.5 cm³/mol. The minimum Gasteiger partial charge on any atom is -0.361 e. The van der Waals surface area contributed by atoms with Gasteiger partial charge >= 0.3 is 0 Å². The molecule has 0 aliphatic carbocycles. The van der Waals surface area contributed by atoms with E-state index in [0.29, 0.717) is 12.1 Å². The molecule has 0 saturated carbocycles. The summed E-state index contributed by atoms with van der Waals surface area (Å²) in [5.74, 6) is -0.508. The van der Waals surface area contributed by atoms with Crippen molar-refractivity contribution in [2.24, 2.45) is 0 Å². The number of rotatable bonds is 5. The Labute approximate surface area is 139 Å². The molecule has 0 bridgehead atoms. The lowest BCUT2D eigenvalue weighted by Crippen LogP contribution is -2.44. The lowest BCUT2D eigenvalue weighted by Gasteiger charge is -2.17. The van der Waals surface area contributed by atoms with Gasteiger partial charge in [-0.15, -0.1) is 0 Å². The van der Waals surface area contributed by atoms with Crippen molar-refractivity contribution in [3.8, 4) is 0 Å². The lowest BCUT2D eigenvalue weighted by molar-refractivity contribution is -0.125. The van der Waals surface area contributed by atoms with Gasteiger partial charge in [0.2, 0.25) is 11.8 Å². The smallest absolute Gasteiger partial charge is 0.247 e. The Balaban J connectivity index is 1.81. The second-order valence-electron chi connectivity index (χ2n) is 5.54. The predicted octanol–water partition coefficient (Wildman–Crippen LogP) is 2.25. The summed E-state index contributed by atoms with van der Waals surface area (Å²) in [5.41, 5.74) is 2.63.